The molecule has 0 aromatic heterocycles. The van der Waals surface area contributed by atoms with Gasteiger partial charge in [0.2, 0.25) is 0 Å². The van der Waals surface area contributed by atoms with Crippen LogP contribution in [0, 0.1) is 0 Å². The van der Waals surface area contributed by atoms with Crippen LogP contribution in [0.25, 0.3) is 0 Å². The molecule has 2 aromatic carbocycles. The molecule has 2 rings (SSSR count). The van der Waals surface area contributed by atoms with Crippen LogP contribution in [0.4, 0.5) is 11.4 Å². The topological polar surface area (TPSA) is 12.0 Å². The zero-order chi connectivity index (χ0) is 11.5. The number of nitrogens with one attached hydrogen (secondary N) is 1. The van der Waals surface area contributed by atoms with E-state index in [4.69, 9.17) is 34.8 Å². The Balaban J connectivity index is 2.20. The minimum absolute atomic E-state index is 0.528. The summed E-state index contributed by atoms with van der Waals surface area (Å²) < 4.78 is 0. The second kappa shape index (κ2) is 4.96. The van der Waals surface area contributed by atoms with Crippen LogP contribution in [0.3, 0.4) is 0 Å². The molecule has 0 saturated carbocycles. The van der Waals surface area contributed by atoms with Gasteiger partial charge in [-0.25, -0.2) is 0 Å². The van der Waals surface area contributed by atoms with Crippen molar-refractivity contribution in [1.82, 2.24) is 0 Å². The molecule has 0 bridgehead atoms. The van der Waals surface area contributed by atoms with Gasteiger partial charge in [-0.3, -0.25) is 0 Å². The second-order valence-electron chi connectivity index (χ2n) is 3.26. The van der Waals surface area contributed by atoms with Crippen LogP contribution in [-0.4, -0.2) is 0 Å². The fourth-order valence-electron chi connectivity index (χ4n) is 1.27. The summed E-state index contributed by atoms with van der Waals surface area (Å²) in [4.78, 5) is 0. The van der Waals surface area contributed by atoms with E-state index in [0.29, 0.717) is 15.1 Å². The highest BCUT2D eigenvalue weighted by atomic mass is 35.5. The first kappa shape index (κ1) is 11.6. The summed E-state index contributed by atoms with van der Waals surface area (Å²) >= 11 is 17.5. The number of rotatable bonds is 2. The van der Waals surface area contributed by atoms with Crippen molar-refractivity contribution >= 4 is 46.2 Å². The van der Waals surface area contributed by atoms with Crippen molar-refractivity contribution in [2.75, 3.05) is 5.32 Å². The average Bonchev–Trinajstić information content (AvgIpc) is 2.27. The lowest BCUT2D eigenvalue weighted by molar-refractivity contribution is 1.55. The molecule has 1 nitrogen and oxygen atoms in total. The average molecular weight is 273 g/mol. The van der Waals surface area contributed by atoms with Crippen molar-refractivity contribution in [2.24, 2.45) is 0 Å². The Bertz CT molecular complexity index is 494. The number of anilines is 2. The quantitative estimate of drug-likeness (QED) is 0.773. The molecule has 1 N–H and O–H groups in total. The predicted molar refractivity (Wildman–Crippen MR) is 71.2 cm³/mol. The molecule has 0 heterocycles. The first-order valence-corrected chi connectivity index (χ1v) is 5.76. The Kier molecular flexibility index (Phi) is 3.59. The molecule has 16 heavy (non-hydrogen) atoms. The third-order valence-electron chi connectivity index (χ3n) is 2.05. The minimum Gasteiger partial charge on any atom is -0.355 e. The maximum atomic E-state index is 5.91. The monoisotopic (exact) mass is 271 g/mol. The van der Waals surface area contributed by atoms with Crippen LogP contribution in [0.5, 0.6) is 0 Å². The molecule has 0 amide bonds. The van der Waals surface area contributed by atoms with E-state index in [0.717, 1.165) is 11.4 Å². The second-order valence-corrected chi connectivity index (χ2v) is 4.51. The van der Waals surface area contributed by atoms with E-state index in [-0.39, 0.29) is 0 Å². The lowest BCUT2D eigenvalue weighted by Gasteiger charge is -2.07. The zero-order valence-electron chi connectivity index (χ0n) is 8.18. The van der Waals surface area contributed by atoms with Crippen molar-refractivity contribution in [3.8, 4) is 0 Å². The highest BCUT2D eigenvalue weighted by Crippen LogP contribution is 2.27. The summed E-state index contributed by atoms with van der Waals surface area (Å²) in [5.74, 6) is 0. The van der Waals surface area contributed by atoms with E-state index < -0.39 is 0 Å². The first-order valence-electron chi connectivity index (χ1n) is 4.63. The molecule has 0 spiro atoms. The number of hydrogen-bond donors (Lipinski definition) is 1. The molecule has 82 valence electrons. The van der Waals surface area contributed by atoms with Gasteiger partial charge in [-0.2, -0.15) is 0 Å². The molecule has 2 aromatic rings. The first-order chi connectivity index (χ1) is 7.65. The SMILES string of the molecule is Clc1ccc(Nc2ccc(Cl)c(Cl)c2)cc1. The van der Waals surface area contributed by atoms with Gasteiger partial charge in [0, 0.05) is 16.4 Å². The number of hydrogen-bond acceptors (Lipinski definition) is 1. The van der Waals surface area contributed by atoms with Crippen LogP contribution in [0.15, 0.2) is 42.5 Å². The molecule has 0 atom stereocenters. The summed E-state index contributed by atoms with van der Waals surface area (Å²) in [5.41, 5.74) is 1.83. The smallest absolute Gasteiger partial charge is 0.0612 e. The number of benzene rings is 2. The minimum atomic E-state index is 0.528. The lowest BCUT2D eigenvalue weighted by atomic mass is 10.2. The Morgan fingerprint density at radius 3 is 1.94 bits per heavy atom. The fraction of sp³-hybridized carbons (Fsp3) is 0. The van der Waals surface area contributed by atoms with Gasteiger partial charge in [0.1, 0.15) is 0 Å². The Labute approximate surface area is 109 Å². The highest BCUT2D eigenvalue weighted by molar-refractivity contribution is 6.42. The summed E-state index contributed by atoms with van der Waals surface area (Å²) in [6.45, 7) is 0. The van der Waals surface area contributed by atoms with Crippen molar-refractivity contribution in [3.63, 3.8) is 0 Å². The fourth-order valence-corrected chi connectivity index (χ4v) is 1.70. The normalized spacial score (nSPS) is 10.2. The molecule has 0 aliphatic carbocycles. The van der Waals surface area contributed by atoms with Crippen LogP contribution in [0.2, 0.25) is 15.1 Å². The molecule has 0 fully saturated rings. The summed E-state index contributed by atoms with van der Waals surface area (Å²) in [7, 11) is 0. The highest BCUT2D eigenvalue weighted by Gasteiger charge is 1.99. The molecule has 4 heteroatoms. The maximum Gasteiger partial charge on any atom is 0.0612 e. The van der Waals surface area contributed by atoms with Crippen molar-refractivity contribution in [1.29, 1.82) is 0 Å². The molecule has 0 unspecified atom stereocenters. The Morgan fingerprint density at radius 1 is 0.688 bits per heavy atom. The third kappa shape index (κ3) is 2.82. The largest absolute Gasteiger partial charge is 0.355 e. The van der Waals surface area contributed by atoms with Gasteiger partial charge < -0.3 is 5.32 Å². The van der Waals surface area contributed by atoms with Gasteiger partial charge in [-0.1, -0.05) is 34.8 Å². The maximum absolute atomic E-state index is 5.91. The lowest BCUT2D eigenvalue weighted by Crippen LogP contribution is -1.89. The molecule has 0 aliphatic rings. The molecule has 0 radical (unpaired) electrons. The Morgan fingerprint density at radius 2 is 1.31 bits per heavy atom. The van der Waals surface area contributed by atoms with Gasteiger partial charge in [-0.15, -0.1) is 0 Å². The zero-order valence-corrected chi connectivity index (χ0v) is 10.4. The predicted octanol–water partition coefficient (Wildman–Crippen LogP) is 5.39. The summed E-state index contributed by atoms with van der Waals surface area (Å²) in [6.07, 6.45) is 0. The number of halogens is 3. The molecule has 0 aliphatic heterocycles. The van der Waals surface area contributed by atoms with Gasteiger partial charge in [0.05, 0.1) is 10.0 Å². The van der Waals surface area contributed by atoms with E-state index in [1.54, 1.807) is 12.1 Å². The van der Waals surface area contributed by atoms with Crippen LogP contribution in [0.1, 0.15) is 0 Å². The van der Waals surface area contributed by atoms with Crippen molar-refractivity contribution < 1.29 is 0 Å². The van der Waals surface area contributed by atoms with Gasteiger partial charge >= 0.3 is 0 Å². The van der Waals surface area contributed by atoms with E-state index in [1.165, 1.54) is 0 Å². The van der Waals surface area contributed by atoms with E-state index in [9.17, 15) is 0 Å². The van der Waals surface area contributed by atoms with Crippen LogP contribution < -0.4 is 5.32 Å². The summed E-state index contributed by atoms with van der Waals surface area (Å²) in [6, 6.07) is 12.8. The van der Waals surface area contributed by atoms with Gasteiger partial charge in [-0.05, 0) is 42.5 Å². The standard InChI is InChI=1S/C12H8Cl3N/c13-8-1-3-9(4-2-8)16-10-5-6-11(14)12(15)7-10/h1-7,16H. The summed E-state index contributed by atoms with van der Waals surface area (Å²) in [5, 5.41) is 4.98. The third-order valence-corrected chi connectivity index (χ3v) is 3.04. The van der Waals surface area contributed by atoms with Crippen molar-refractivity contribution in [3.05, 3.63) is 57.5 Å². The van der Waals surface area contributed by atoms with Crippen LogP contribution in [-0.2, 0) is 0 Å². The van der Waals surface area contributed by atoms with E-state index in [2.05, 4.69) is 5.32 Å². The van der Waals surface area contributed by atoms with Crippen molar-refractivity contribution in [2.45, 2.75) is 0 Å². The van der Waals surface area contributed by atoms with Gasteiger partial charge in [0.15, 0.2) is 0 Å². The molecule has 0 saturated heterocycles. The van der Waals surface area contributed by atoms with Crippen LogP contribution >= 0.6 is 34.8 Å². The molecular formula is C12H8Cl3N. The van der Waals surface area contributed by atoms with Gasteiger partial charge in [0.25, 0.3) is 0 Å². The van der Waals surface area contributed by atoms with E-state index >= 15 is 0 Å². The van der Waals surface area contributed by atoms with E-state index in [1.807, 2.05) is 30.3 Å². The molecular weight excluding hydrogens is 264 g/mol. The Hall–Kier alpha value is -0.890.